The second kappa shape index (κ2) is 7.07. The molecule has 0 saturated carbocycles. The summed E-state index contributed by atoms with van der Waals surface area (Å²) in [5, 5.41) is 0.656. The summed E-state index contributed by atoms with van der Waals surface area (Å²) in [5.74, 6) is -1.25. The van der Waals surface area contributed by atoms with Crippen molar-refractivity contribution in [2.45, 2.75) is 20.4 Å². The highest BCUT2D eigenvalue weighted by molar-refractivity contribution is 8.18. The third kappa shape index (κ3) is 3.31. The molecule has 1 aromatic carbocycles. The van der Waals surface area contributed by atoms with Crippen LogP contribution in [0.15, 0.2) is 34.2 Å². The lowest BCUT2D eigenvalue weighted by Gasteiger charge is -2.10. The van der Waals surface area contributed by atoms with E-state index in [-0.39, 0.29) is 5.91 Å². The van der Waals surface area contributed by atoms with Gasteiger partial charge < -0.3 is 4.57 Å². The van der Waals surface area contributed by atoms with E-state index in [0.717, 1.165) is 23.0 Å². The second-order valence-electron chi connectivity index (χ2n) is 6.13. The van der Waals surface area contributed by atoms with E-state index in [2.05, 4.69) is 4.99 Å². The highest BCUT2D eigenvalue weighted by Gasteiger charge is 2.30. The van der Waals surface area contributed by atoms with Crippen molar-refractivity contribution >= 4 is 28.9 Å². The molecule has 7 heteroatoms. The van der Waals surface area contributed by atoms with E-state index in [0.29, 0.717) is 22.2 Å². The number of amidine groups is 1. The average molecular weight is 375 g/mol. The van der Waals surface area contributed by atoms with Crippen molar-refractivity contribution in [3.8, 4) is 0 Å². The number of amides is 1. The maximum Gasteiger partial charge on any atom is 0.266 e. The fourth-order valence-corrected chi connectivity index (χ4v) is 3.85. The number of aromatic nitrogens is 1. The fourth-order valence-electron chi connectivity index (χ4n) is 2.93. The van der Waals surface area contributed by atoms with Crippen molar-refractivity contribution in [2.75, 3.05) is 14.1 Å². The molecule has 4 nitrogen and oxygen atoms in total. The lowest BCUT2D eigenvalue weighted by atomic mass is 10.2. The number of likely N-dealkylation sites (N-methyl/N-ethyl adjacent to an activating group) is 1. The van der Waals surface area contributed by atoms with E-state index >= 15 is 0 Å². The zero-order chi connectivity index (χ0) is 19.0. The summed E-state index contributed by atoms with van der Waals surface area (Å²) in [6.07, 6.45) is 1.83. The Labute approximate surface area is 155 Å². The maximum absolute atomic E-state index is 14.0. The topological polar surface area (TPSA) is 37.6 Å². The molecule has 1 aliphatic heterocycles. The van der Waals surface area contributed by atoms with Gasteiger partial charge in [0.1, 0.15) is 11.6 Å². The van der Waals surface area contributed by atoms with Crippen molar-refractivity contribution < 1.29 is 13.6 Å². The Balaban J connectivity index is 1.94. The molecule has 1 amide bonds. The van der Waals surface area contributed by atoms with E-state index in [4.69, 9.17) is 0 Å². The maximum atomic E-state index is 14.0. The van der Waals surface area contributed by atoms with Crippen LogP contribution in [0.4, 0.5) is 8.78 Å². The molecule has 0 radical (unpaired) electrons. The van der Waals surface area contributed by atoms with Crippen molar-refractivity contribution in [3.05, 3.63) is 63.3 Å². The first-order valence-corrected chi connectivity index (χ1v) is 8.88. The smallest absolute Gasteiger partial charge is 0.266 e. The van der Waals surface area contributed by atoms with Crippen molar-refractivity contribution in [1.82, 2.24) is 9.47 Å². The highest BCUT2D eigenvalue weighted by Crippen LogP contribution is 2.32. The number of hydrogen-bond donors (Lipinski definition) is 0. The van der Waals surface area contributed by atoms with Gasteiger partial charge in [-0.2, -0.15) is 0 Å². The van der Waals surface area contributed by atoms with Crippen LogP contribution in [-0.4, -0.2) is 34.6 Å². The van der Waals surface area contributed by atoms with E-state index in [1.165, 1.54) is 28.8 Å². The normalized spacial score (nSPS) is 17.8. The molecule has 1 saturated heterocycles. The first kappa shape index (κ1) is 18.4. The van der Waals surface area contributed by atoms with Gasteiger partial charge in [0.15, 0.2) is 5.17 Å². The average Bonchev–Trinajstić information content (AvgIpc) is 3.01. The molecule has 0 bridgehead atoms. The van der Waals surface area contributed by atoms with Crippen LogP contribution in [-0.2, 0) is 11.3 Å². The molecule has 26 heavy (non-hydrogen) atoms. The van der Waals surface area contributed by atoms with E-state index in [1.807, 2.05) is 30.6 Å². The number of aliphatic imine (C=N–C) groups is 1. The molecule has 2 aromatic rings. The highest BCUT2D eigenvalue weighted by atomic mass is 32.2. The number of nitrogens with zero attached hydrogens (tertiary/aromatic N) is 3. The van der Waals surface area contributed by atoms with Gasteiger partial charge in [0.25, 0.3) is 5.91 Å². The predicted octanol–water partition coefficient (Wildman–Crippen LogP) is 3.96. The minimum atomic E-state index is -0.591. The molecule has 136 valence electrons. The lowest BCUT2D eigenvalue weighted by Crippen LogP contribution is -2.23. The molecule has 0 aliphatic carbocycles. The van der Waals surface area contributed by atoms with Crippen LogP contribution in [0.25, 0.3) is 6.08 Å². The number of halogens is 2. The number of rotatable bonds is 3. The minimum Gasteiger partial charge on any atom is -0.344 e. The van der Waals surface area contributed by atoms with Crippen molar-refractivity contribution in [2.24, 2.45) is 4.99 Å². The number of carbonyl (C=O) groups is 1. The first-order chi connectivity index (χ1) is 12.3. The number of aryl methyl sites for hydroxylation is 1. The Hall–Kier alpha value is -2.41. The predicted molar refractivity (Wildman–Crippen MR) is 101 cm³/mol. The largest absolute Gasteiger partial charge is 0.344 e. The molecule has 0 atom stereocenters. The van der Waals surface area contributed by atoms with Gasteiger partial charge in [0, 0.05) is 37.1 Å². The molecule has 1 fully saturated rings. The Morgan fingerprint density at radius 2 is 1.96 bits per heavy atom. The van der Waals surface area contributed by atoms with Gasteiger partial charge in [0.05, 0.1) is 11.4 Å². The molecule has 1 aromatic heterocycles. The molecule has 1 aliphatic rings. The van der Waals surface area contributed by atoms with Gasteiger partial charge in [-0.05, 0) is 49.4 Å². The summed E-state index contributed by atoms with van der Waals surface area (Å²) in [7, 11) is 3.34. The van der Waals surface area contributed by atoms with E-state index in [1.54, 1.807) is 14.1 Å². The molecule has 0 N–H and O–H groups in total. The number of benzene rings is 1. The first-order valence-electron chi connectivity index (χ1n) is 8.07. The van der Waals surface area contributed by atoms with Gasteiger partial charge >= 0.3 is 0 Å². The van der Waals surface area contributed by atoms with Crippen LogP contribution in [0, 0.1) is 25.5 Å². The van der Waals surface area contributed by atoms with Crippen LogP contribution in [0.2, 0.25) is 0 Å². The minimum absolute atomic E-state index is 0.0926. The fraction of sp³-hybridized carbons (Fsp3) is 0.263. The van der Waals surface area contributed by atoms with Gasteiger partial charge in [0.2, 0.25) is 0 Å². The van der Waals surface area contributed by atoms with Crippen LogP contribution in [0.3, 0.4) is 0 Å². The van der Waals surface area contributed by atoms with Gasteiger partial charge in [-0.3, -0.25) is 14.7 Å². The summed E-state index contributed by atoms with van der Waals surface area (Å²) < 4.78 is 29.0. The Morgan fingerprint density at radius 1 is 1.23 bits per heavy atom. The molecule has 0 unspecified atom stereocenters. The van der Waals surface area contributed by atoms with Gasteiger partial charge in [-0.1, -0.05) is 6.07 Å². The van der Waals surface area contributed by atoms with Gasteiger partial charge in [-0.15, -0.1) is 0 Å². The van der Waals surface area contributed by atoms with Crippen LogP contribution in [0.5, 0.6) is 0 Å². The van der Waals surface area contributed by atoms with Gasteiger partial charge in [-0.25, -0.2) is 8.78 Å². The van der Waals surface area contributed by atoms with Crippen LogP contribution in [0.1, 0.15) is 22.5 Å². The number of hydrogen-bond acceptors (Lipinski definition) is 3. The summed E-state index contributed by atoms with van der Waals surface area (Å²) in [6, 6.07) is 5.56. The van der Waals surface area contributed by atoms with E-state index in [9.17, 15) is 13.6 Å². The third-order valence-corrected chi connectivity index (χ3v) is 5.59. The molecule has 3 rings (SSSR count). The molecular formula is C19H19F2N3OS. The Bertz CT molecular complexity index is 947. The van der Waals surface area contributed by atoms with Crippen molar-refractivity contribution in [1.29, 1.82) is 0 Å². The monoisotopic (exact) mass is 375 g/mol. The van der Waals surface area contributed by atoms with E-state index < -0.39 is 11.6 Å². The molecule has 2 heterocycles. The SMILES string of the molecule is CN=C1S/C(=C\c2cc(C)n(Cc3ccc(F)cc3F)c2C)C(=O)N1C. The van der Waals surface area contributed by atoms with Crippen LogP contribution < -0.4 is 0 Å². The number of carbonyl (C=O) groups excluding carboxylic acids is 1. The van der Waals surface area contributed by atoms with Crippen LogP contribution >= 0.6 is 11.8 Å². The Kier molecular flexibility index (Phi) is 5.00. The number of thioether (sulfide) groups is 1. The molecular weight excluding hydrogens is 356 g/mol. The standard InChI is InChI=1S/C19H19F2N3OS/c1-11-7-14(8-17-18(25)23(4)19(22-3)26-17)12(2)24(11)10-13-5-6-15(20)9-16(13)21/h5-9H,10H2,1-4H3/b17-8-,22-19?. The summed E-state index contributed by atoms with van der Waals surface area (Å²) in [6.45, 7) is 4.14. The summed E-state index contributed by atoms with van der Waals surface area (Å²) in [5.41, 5.74) is 3.16. The summed E-state index contributed by atoms with van der Waals surface area (Å²) in [4.78, 5) is 18.5. The third-order valence-electron chi connectivity index (χ3n) is 4.44. The summed E-state index contributed by atoms with van der Waals surface area (Å²) >= 11 is 1.33. The second-order valence-corrected chi connectivity index (χ2v) is 7.14. The lowest BCUT2D eigenvalue weighted by molar-refractivity contribution is -0.121. The zero-order valence-electron chi connectivity index (χ0n) is 15.0. The zero-order valence-corrected chi connectivity index (χ0v) is 15.8. The van der Waals surface area contributed by atoms with Crippen molar-refractivity contribution in [3.63, 3.8) is 0 Å². The Morgan fingerprint density at radius 3 is 2.58 bits per heavy atom. The molecule has 0 spiro atoms. The quantitative estimate of drug-likeness (QED) is 0.762.